The molecule has 1 aliphatic heterocycles. The number of aromatic nitrogens is 1. The number of rotatable bonds is 11. The standard InChI is InChI=1S/C26H39N5O3/c1-17(2)29-26-25(18(3)27)24(31(5)20-9-11-33-12-10-20)14-23(30-26)19-7-6-8-22(13-19)34-16-21(32)15-28-4/h6-8,13-14,17,20-21,27-28,32H,9-12,15-16H2,1-5H3,(H,29,30). The van der Waals surface area contributed by atoms with E-state index in [2.05, 4.69) is 42.5 Å². The van der Waals surface area contributed by atoms with Gasteiger partial charge in [-0.3, -0.25) is 0 Å². The Hall–Kier alpha value is -2.68. The van der Waals surface area contributed by atoms with Gasteiger partial charge in [-0.2, -0.15) is 0 Å². The van der Waals surface area contributed by atoms with Gasteiger partial charge in [0.25, 0.3) is 0 Å². The van der Waals surface area contributed by atoms with Gasteiger partial charge < -0.3 is 35.5 Å². The molecule has 3 rings (SSSR count). The van der Waals surface area contributed by atoms with Gasteiger partial charge in [-0.1, -0.05) is 12.1 Å². The Balaban J connectivity index is 2.02. The van der Waals surface area contributed by atoms with Crippen molar-refractivity contribution < 1.29 is 14.6 Å². The zero-order valence-corrected chi connectivity index (χ0v) is 21.0. The minimum absolute atomic E-state index is 0.172. The highest BCUT2D eigenvalue weighted by Gasteiger charge is 2.25. The second-order valence-corrected chi connectivity index (χ2v) is 9.18. The van der Waals surface area contributed by atoms with Crippen LogP contribution in [0.3, 0.4) is 0 Å². The fraction of sp³-hybridized carbons (Fsp3) is 0.538. The quantitative estimate of drug-likeness (QED) is 0.373. The smallest absolute Gasteiger partial charge is 0.138 e. The molecule has 34 heavy (non-hydrogen) atoms. The predicted molar refractivity (Wildman–Crippen MR) is 139 cm³/mol. The highest BCUT2D eigenvalue weighted by Crippen LogP contribution is 2.35. The highest BCUT2D eigenvalue weighted by atomic mass is 16.5. The van der Waals surface area contributed by atoms with Crippen molar-refractivity contribution in [2.24, 2.45) is 0 Å². The summed E-state index contributed by atoms with van der Waals surface area (Å²) in [4.78, 5) is 7.22. The molecule has 2 heterocycles. The van der Waals surface area contributed by atoms with Crippen LogP contribution in [-0.2, 0) is 4.74 Å². The molecule has 0 bridgehead atoms. The van der Waals surface area contributed by atoms with Crippen LogP contribution in [0.1, 0.15) is 39.2 Å². The van der Waals surface area contributed by atoms with Crippen molar-refractivity contribution in [2.75, 3.05) is 50.7 Å². The van der Waals surface area contributed by atoms with Gasteiger partial charge in [-0.25, -0.2) is 4.98 Å². The second-order valence-electron chi connectivity index (χ2n) is 9.18. The number of aliphatic hydroxyl groups is 1. The molecule has 0 spiro atoms. The zero-order chi connectivity index (χ0) is 24.7. The van der Waals surface area contributed by atoms with E-state index in [1.807, 2.05) is 31.2 Å². The van der Waals surface area contributed by atoms with E-state index >= 15 is 0 Å². The van der Waals surface area contributed by atoms with Crippen LogP contribution in [0, 0.1) is 5.41 Å². The summed E-state index contributed by atoms with van der Waals surface area (Å²) in [6.45, 7) is 8.14. The van der Waals surface area contributed by atoms with Gasteiger partial charge in [0.05, 0.1) is 16.9 Å². The van der Waals surface area contributed by atoms with E-state index in [1.165, 1.54) is 0 Å². The van der Waals surface area contributed by atoms with Gasteiger partial charge in [0, 0.05) is 50.2 Å². The molecule has 0 amide bonds. The molecular formula is C26H39N5O3. The maximum Gasteiger partial charge on any atom is 0.138 e. The van der Waals surface area contributed by atoms with Crippen molar-refractivity contribution in [3.8, 4) is 17.0 Å². The average Bonchev–Trinajstić information content (AvgIpc) is 2.82. The van der Waals surface area contributed by atoms with Gasteiger partial charge in [0.15, 0.2) is 0 Å². The topological polar surface area (TPSA) is 103 Å². The molecule has 1 fully saturated rings. The number of pyridine rings is 1. The third kappa shape index (κ3) is 6.68. The van der Waals surface area contributed by atoms with Crippen LogP contribution in [0.4, 0.5) is 11.5 Å². The number of aliphatic hydroxyl groups excluding tert-OH is 1. The monoisotopic (exact) mass is 469 g/mol. The number of hydrogen-bond donors (Lipinski definition) is 4. The first-order valence-electron chi connectivity index (χ1n) is 12.0. The lowest BCUT2D eigenvalue weighted by Gasteiger charge is -2.35. The first-order chi connectivity index (χ1) is 16.3. The van der Waals surface area contributed by atoms with Gasteiger partial charge in [0.2, 0.25) is 0 Å². The summed E-state index contributed by atoms with van der Waals surface area (Å²) >= 11 is 0. The van der Waals surface area contributed by atoms with Gasteiger partial charge in [0.1, 0.15) is 24.3 Å². The number of nitrogens with one attached hydrogen (secondary N) is 3. The molecule has 1 aliphatic rings. The Morgan fingerprint density at radius 3 is 2.68 bits per heavy atom. The van der Waals surface area contributed by atoms with E-state index in [4.69, 9.17) is 19.9 Å². The molecule has 1 atom stereocenters. The number of anilines is 2. The molecule has 186 valence electrons. The normalized spacial score (nSPS) is 15.3. The summed E-state index contributed by atoms with van der Waals surface area (Å²) in [5, 5.41) is 24.9. The third-order valence-electron chi connectivity index (χ3n) is 5.93. The summed E-state index contributed by atoms with van der Waals surface area (Å²) in [5.74, 6) is 1.39. The lowest BCUT2D eigenvalue weighted by Crippen LogP contribution is -2.37. The van der Waals surface area contributed by atoms with Crippen molar-refractivity contribution in [3.05, 3.63) is 35.9 Å². The molecule has 0 radical (unpaired) electrons. The van der Waals surface area contributed by atoms with E-state index < -0.39 is 6.10 Å². The van der Waals surface area contributed by atoms with E-state index in [0.717, 1.165) is 48.6 Å². The molecule has 2 aromatic rings. The van der Waals surface area contributed by atoms with Crippen LogP contribution in [0.5, 0.6) is 5.75 Å². The lowest BCUT2D eigenvalue weighted by atomic mass is 10.0. The van der Waals surface area contributed by atoms with Gasteiger partial charge in [-0.05, 0) is 58.9 Å². The SMILES string of the molecule is CNCC(O)COc1cccc(-c2cc(N(C)C3CCOCC3)c(C(C)=N)c(NC(C)C)n2)c1. The van der Waals surface area contributed by atoms with Crippen molar-refractivity contribution in [3.63, 3.8) is 0 Å². The Morgan fingerprint density at radius 2 is 2.03 bits per heavy atom. The Kier molecular flexibility index (Phi) is 9.27. The second kappa shape index (κ2) is 12.1. The van der Waals surface area contributed by atoms with Crippen LogP contribution >= 0.6 is 0 Å². The van der Waals surface area contributed by atoms with Crippen LogP contribution in [0.15, 0.2) is 30.3 Å². The van der Waals surface area contributed by atoms with E-state index in [1.54, 1.807) is 7.05 Å². The first kappa shape index (κ1) is 25.9. The molecule has 1 aromatic heterocycles. The van der Waals surface area contributed by atoms with Crippen molar-refractivity contribution in [1.29, 1.82) is 5.41 Å². The lowest BCUT2D eigenvalue weighted by molar-refractivity contribution is 0.0855. The predicted octanol–water partition coefficient (Wildman–Crippen LogP) is 3.53. The third-order valence-corrected chi connectivity index (χ3v) is 5.93. The van der Waals surface area contributed by atoms with E-state index in [9.17, 15) is 5.11 Å². The van der Waals surface area contributed by atoms with Crippen LogP contribution in [0.25, 0.3) is 11.3 Å². The number of nitrogens with zero attached hydrogens (tertiary/aromatic N) is 2. The van der Waals surface area contributed by atoms with Crippen LogP contribution in [-0.4, -0.2) is 74.5 Å². The van der Waals surface area contributed by atoms with Crippen molar-refractivity contribution in [2.45, 2.75) is 51.8 Å². The van der Waals surface area contributed by atoms with Gasteiger partial charge in [-0.15, -0.1) is 0 Å². The minimum atomic E-state index is -0.580. The summed E-state index contributed by atoms with van der Waals surface area (Å²) in [5.41, 5.74) is 4.02. The van der Waals surface area contributed by atoms with Crippen molar-refractivity contribution >= 4 is 17.2 Å². The summed E-state index contributed by atoms with van der Waals surface area (Å²) in [7, 11) is 3.90. The maximum absolute atomic E-state index is 9.98. The Labute approximate surface area is 203 Å². The number of hydrogen-bond acceptors (Lipinski definition) is 8. The number of ether oxygens (including phenoxy) is 2. The fourth-order valence-corrected chi connectivity index (χ4v) is 4.21. The molecule has 4 N–H and O–H groups in total. The summed E-state index contributed by atoms with van der Waals surface area (Å²) in [6.07, 6.45) is 1.33. The largest absolute Gasteiger partial charge is 0.491 e. The fourth-order valence-electron chi connectivity index (χ4n) is 4.21. The molecule has 1 unspecified atom stereocenters. The summed E-state index contributed by atoms with van der Waals surface area (Å²) in [6, 6.07) is 10.4. The molecular weight excluding hydrogens is 430 g/mol. The Morgan fingerprint density at radius 1 is 1.29 bits per heavy atom. The van der Waals surface area contributed by atoms with E-state index in [-0.39, 0.29) is 12.6 Å². The average molecular weight is 470 g/mol. The van der Waals surface area contributed by atoms with Crippen LogP contribution in [0.2, 0.25) is 0 Å². The molecule has 8 heteroatoms. The first-order valence-corrected chi connectivity index (χ1v) is 12.0. The van der Waals surface area contributed by atoms with Gasteiger partial charge >= 0.3 is 0 Å². The maximum atomic E-state index is 9.98. The van der Waals surface area contributed by atoms with Crippen molar-refractivity contribution in [1.82, 2.24) is 10.3 Å². The Bertz CT molecular complexity index is 959. The highest BCUT2D eigenvalue weighted by molar-refractivity contribution is 6.06. The molecule has 1 saturated heterocycles. The molecule has 0 saturated carbocycles. The number of benzene rings is 1. The molecule has 0 aliphatic carbocycles. The number of likely N-dealkylation sites (N-methyl/N-ethyl adjacent to an activating group) is 1. The van der Waals surface area contributed by atoms with Crippen LogP contribution < -0.4 is 20.3 Å². The summed E-state index contributed by atoms with van der Waals surface area (Å²) < 4.78 is 11.4. The zero-order valence-electron chi connectivity index (χ0n) is 21.0. The molecule has 8 nitrogen and oxygen atoms in total. The molecule has 1 aromatic carbocycles. The van der Waals surface area contributed by atoms with E-state index in [0.29, 0.717) is 29.9 Å². The minimum Gasteiger partial charge on any atom is -0.491 e.